The average Bonchev–Trinajstić information content (AvgIpc) is 2.73. The Morgan fingerprint density at radius 3 is 1.55 bits per heavy atom. The third-order valence-electron chi connectivity index (χ3n) is 4.31. The number of benzene rings is 2. The van der Waals surface area contributed by atoms with Gasteiger partial charge in [-0.05, 0) is 48.2 Å². The zero-order chi connectivity index (χ0) is 22.3. The van der Waals surface area contributed by atoms with E-state index in [0.717, 1.165) is 43.2 Å². The topological polar surface area (TPSA) is 82.9 Å². The lowest BCUT2D eigenvalue weighted by Gasteiger charge is -2.02. The summed E-state index contributed by atoms with van der Waals surface area (Å²) in [5, 5.41) is 9.11. The van der Waals surface area contributed by atoms with Crippen molar-refractivity contribution in [3.63, 3.8) is 0 Å². The normalized spacial score (nSPS) is 11.2. The first kappa shape index (κ1) is 24.6. The number of halogens is 2. The third-order valence-corrected chi connectivity index (χ3v) is 4.78. The van der Waals surface area contributed by atoms with E-state index < -0.39 is 0 Å². The van der Waals surface area contributed by atoms with Crippen molar-refractivity contribution in [2.24, 2.45) is 10.2 Å². The van der Waals surface area contributed by atoms with E-state index in [1.54, 1.807) is 36.7 Å². The molecule has 0 aliphatic rings. The molecule has 0 aliphatic carbocycles. The second-order valence-electron chi connectivity index (χ2n) is 6.96. The van der Waals surface area contributed by atoms with E-state index in [1.165, 1.54) is 0 Å². The van der Waals surface area contributed by atoms with E-state index in [1.807, 2.05) is 24.3 Å². The molecule has 0 saturated carbocycles. The van der Waals surface area contributed by atoms with Crippen molar-refractivity contribution < 1.29 is 9.59 Å². The van der Waals surface area contributed by atoms with Gasteiger partial charge in [-0.25, -0.2) is 10.9 Å². The molecule has 0 unspecified atom stereocenters. The van der Waals surface area contributed by atoms with Crippen LogP contribution in [-0.2, 0) is 9.59 Å². The number of hydrogen-bond acceptors (Lipinski definition) is 4. The number of carbonyl (C=O) groups is 2. The molecule has 0 bridgehead atoms. The van der Waals surface area contributed by atoms with E-state index in [0.29, 0.717) is 22.9 Å². The minimum absolute atomic E-state index is 0.116. The molecule has 0 aromatic heterocycles. The number of hydrogen-bond donors (Lipinski definition) is 2. The van der Waals surface area contributed by atoms with Crippen molar-refractivity contribution in [1.82, 2.24) is 10.9 Å². The number of rotatable bonds is 12. The Hall–Kier alpha value is -2.70. The second kappa shape index (κ2) is 14.3. The van der Waals surface area contributed by atoms with Gasteiger partial charge in [0.05, 0.1) is 12.4 Å². The molecule has 2 aromatic rings. The first-order valence-electron chi connectivity index (χ1n) is 10.2. The van der Waals surface area contributed by atoms with Crippen molar-refractivity contribution in [2.75, 3.05) is 0 Å². The van der Waals surface area contributed by atoms with E-state index in [9.17, 15) is 9.59 Å². The zero-order valence-electron chi connectivity index (χ0n) is 17.2. The smallest absolute Gasteiger partial charge is 0.240 e. The predicted octanol–water partition coefficient (Wildman–Crippen LogP) is 5.32. The van der Waals surface area contributed by atoms with Crippen molar-refractivity contribution in [2.45, 2.75) is 44.9 Å². The Morgan fingerprint density at radius 2 is 1.13 bits per heavy atom. The van der Waals surface area contributed by atoms with Crippen LogP contribution < -0.4 is 10.9 Å². The second-order valence-corrected chi connectivity index (χ2v) is 7.84. The molecule has 6 nitrogen and oxygen atoms in total. The molecule has 2 rings (SSSR count). The molecule has 0 saturated heterocycles. The van der Waals surface area contributed by atoms with Gasteiger partial charge in [-0.3, -0.25) is 9.59 Å². The fourth-order valence-corrected chi connectivity index (χ4v) is 3.14. The van der Waals surface area contributed by atoms with Gasteiger partial charge in [0.2, 0.25) is 11.8 Å². The lowest BCUT2D eigenvalue weighted by Crippen LogP contribution is -2.17. The molecule has 2 amide bonds. The summed E-state index contributed by atoms with van der Waals surface area (Å²) in [6.07, 6.45) is 8.38. The lowest BCUT2D eigenvalue weighted by molar-refractivity contribution is -0.121. The molecule has 0 fully saturated rings. The quantitative estimate of drug-likeness (QED) is 0.255. The monoisotopic (exact) mass is 460 g/mol. The molecule has 164 valence electrons. The SMILES string of the molecule is O=C(CCCCCCCC(=O)N/N=C/c1cccc(Cl)c1)N/N=C/c1cccc(Cl)c1. The van der Waals surface area contributed by atoms with E-state index in [4.69, 9.17) is 23.2 Å². The highest BCUT2D eigenvalue weighted by Crippen LogP contribution is 2.10. The Kier molecular flexibility index (Phi) is 11.4. The first-order chi connectivity index (χ1) is 15.0. The Labute approximate surface area is 192 Å². The number of nitrogens with zero attached hydrogens (tertiary/aromatic N) is 2. The van der Waals surface area contributed by atoms with Gasteiger partial charge in [-0.1, -0.05) is 66.7 Å². The maximum atomic E-state index is 11.8. The molecular weight excluding hydrogens is 435 g/mol. The summed E-state index contributed by atoms with van der Waals surface area (Å²) in [7, 11) is 0. The fourth-order valence-electron chi connectivity index (χ4n) is 2.74. The van der Waals surface area contributed by atoms with Crippen molar-refractivity contribution in [3.05, 3.63) is 69.7 Å². The van der Waals surface area contributed by atoms with Crippen LogP contribution in [0, 0.1) is 0 Å². The minimum Gasteiger partial charge on any atom is -0.273 e. The molecule has 8 heteroatoms. The lowest BCUT2D eigenvalue weighted by atomic mass is 10.1. The minimum atomic E-state index is -0.116. The molecule has 0 atom stereocenters. The largest absolute Gasteiger partial charge is 0.273 e. The summed E-state index contributed by atoms with van der Waals surface area (Å²) >= 11 is 11.8. The van der Waals surface area contributed by atoms with E-state index in [-0.39, 0.29) is 11.8 Å². The Morgan fingerprint density at radius 1 is 0.710 bits per heavy atom. The van der Waals surface area contributed by atoms with Crippen molar-refractivity contribution >= 4 is 47.4 Å². The van der Waals surface area contributed by atoms with Gasteiger partial charge in [0, 0.05) is 22.9 Å². The maximum absolute atomic E-state index is 11.8. The van der Waals surface area contributed by atoms with Crippen LogP contribution in [0.4, 0.5) is 0 Å². The highest BCUT2D eigenvalue weighted by Gasteiger charge is 2.02. The first-order valence-corrected chi connectivity index (χ1v) is 10.9. The summed E-state index contributed by atoms with van der Waals surface area (Å²) in [5.74, 6) is -0.231. The van der Waals surface area contributed by atoms with Crippen LogP contribution in [0.2, 0.25) is 10.0 Å². The standard InChI is InChI=1S/C23H26Cl2N4O2/c24-20-10-6-8-18(14-20)16-26-28-22(30)12-4-2-1-3-5-13-23(31)29-27-17-19-9-7-11-21(25)15-19/h6-11,14-17H,1-5,12-13H2,(H,28,30)(H,29,31)/b26-16+,27-17+. The summed E-state index contributed by atoms with van der Waals surface area (Å²) < 4.78 is 0. The Balaban J connectivity index is 1.47. The molecule has 0 spiro atoms. The molecular formula is C23H26Cl2N4O2. The number of hydrazone groups is 2. The average molecular weight is 461 g/mol. The van der Waals surface area contributed by atoms with Gasteiger partial charge in [0.15, 0.2) is 0 Å². The predicted molar refractivity (Wildman–Crippen MR) is 127 cm³/mol. The van der Waals surface area contributed by atoms with Crippen LogP contribution in [0.3, 0.4) is 0 Å². The van der Waals surface area contributed by atoms with Crippen LogP contribution >= 0.6 is 23.2 Å². The third kappa shape index (κ3) is 11.3. The van der Waals surface area contributed by atoms with Crippen LogP contribution in [0.1, 0.15) is 56.1 Å². The van der Waals surface area contributed by atoms with Gasteiger partial charge >= 0.3 is 0 Å². The van der Waals surface area contributed by atoms with E-state index >= 15 is 0 Å². The van der Waals surface area contributed by atoms with Gasteiger partial charge in [-0.2, -0.15) is 10.2 Å². The van der Waals surface area contributed by atoms with Gasteiger partial charge < -0.3 is 0 Å². The molecule has 0 radical (unpaired) electrons. The summed E-state index contributed by atoms with van der Waals surface area (Å²) in [6.45, 7) is 0. The highest BCUT2D eigenvalue weighted by atomic mass is 35.5. The molecule has 2 N–H and O–H groups in total. The van der Waals surface area contributed by atoms with Crippen molar-refractivity contribution in [3.8, 4) is 0 Å². The van der Waals surface area contributed by atoms with Crippen LogP contribution in [0.15, 0.2) is 58.7 Å². The van der Waals surface area contributed by atoms with Gasteiger partial charge in [-0.15, -0.1) is 0 Å². The van der Waals surface area contributed by atoms with Crippen molar-refractivity contribution in [1.29, 1.82) is 0 Å². The summed E-state index contributed by atoms with van der Waals surface area (Å²) in [5.41, 5.74) is 6.68. The van der Waals surface area contributed by atoms with Gasteiger partial charge in [0.1, 0.15) is 0 Å². The molecule has 0 heterocycles. The fraction of sp³-hybridized carbons (Fsp3) is 0.304. The Bertz CT molecular complexity index is 842. The number of unbranched alkanes of at least 4 members (excludes halogenated alkanes) is 4. The maximum Gasteiger partial charge on any atom is 0.240 e. The zero-order valence-corrected chi connectivity index (χ0v) is 18.7. The van der Waals surface area contributed by atoms with Gasteiger partial charge in [0.25, 0.3) is 0 Å². The number of nitrogens with one attached hydrogen (secondary N) is 2. The molecule has 31 heavy (non-hydrogen) atoms. The molecule has 2 aromatic carbocycles. The van der Waals surface area contributed by atoms with Crippen LogP contribution in [-0.4, -0.2) is 24.2 Å². The van der Waals surface area contributed by atoms with Crippen LogP contribution in [0.25, 0.3) is 0 Å². The highest BCUT2D eigenvalue weighted by molar-refractivity contribution is 6.31. The van der Waals surface area contributed by atoms with Crippen LogP contribution in [0.5, 0.6) is 0 Å². The number of amides is 2. The number of carbonyl (C=O) groups excluding carboxylic acids is 2. The van der Waals surface area contributed by atoms with E-state index in [2.05, 4.69) is 21.1 Å². The summed E-state index contributed by atoms with van der Waals surface area (Å²) in [4.78, 5) is 23.6. The summed E-state index contributed by atoms with van der Waals surface area (Å²) in [6, 6.07) is 14.4. The molecule has 0 aliphatic heterocycles.